The second kappa shape index (κ2) is 24.7. The average molecular weight is 1190 g/mol. The zero-order chi connectivity index (χ0) is 62.5. The SMILES string of the molecule is COC(C)(C)CCOC(C)(C)CC(=O)N[C@@H](CCC(=O)NCC(=O)N/N=C1\C=C[C@@]2(C)C(=C1)CCC1[C@@H]3C[C@@H](C)[C@](O)(C(=O)CO)[C@@]3(C)CC[C@@]12F)C(=O)NCC(=O)N/N=C1\C=C[C@@]2(C)C(=C1)CC[C@@H]1C2[C@@H](O)C[C@@]2(C)C1C[C@@H](C)[C@@H]2C(=O)CO. The largest absolute Gasteiger partial charge is 0.393 e. The summed E-state index contributed by atoms with van der Waals surface area (Å²) in [6.07, 6.45) is 14.9. The molecule has 8 aliphatic rings. The van der Waals surface area contributed by atoms with E-state index in [0.717, 1.165) is 30.4 Å². The summed E-state index contributed by atoms with van der Waals surface area (Å²) in [6, 6.07) is -1.28. The molecule has 6 fully saturated rings. The molecule has 20 nitrogen and oxygen atoms in total. The molecular formula is C64H94FN7O13. The quantitative estimate of drug-likeness (QED) is 0.0651. The average Bonchev–Trinajstić information content (AvgIpc) is 1.68. The molecule has 8 aliphatic carbocycles. The Balaban J connectivity index is 0.846. The molecule has 0 aromatic rings. The number of carbonyl (C=O) groups is 7. The van der Waals surface area contributed by atoms with Crippen LogP contribution in [0.1, 0.15) is 153 Å². The number of amides is 5. The van der Waals surface area contributed by atoms with Crippen molar-refractivity contribution in [1.29, 1.82) is 0 Å². The Morgan fingerprint density at radius 2 is 1.42 bits per heavy atom. The Bertz CT molecular complexity index is 2850. The maximum atomic E-state index is 17.8. The molecule has 0 aromatic heterocycles. The minimum Gasteiger partial charge on any atom is -0.393 e. The number of carbonyl (C=O) groups excluding carboxylic acids is 7. The van der Waals surface area contributed by atoms with Crippen molar-refractivity contribution in [3.05, 3.63) is 47.6 Å². The minimum atomic E-state index is -1.74. The van der Waals surface area contributed by atoms with Crippen LogP contribution in [-0.4, -0.2) is 148 Å². The highest BCUT2D eigenvalue weighted by molar-refractivity contribution is 6.07. The fourth-order valence-corrected chi connectivity index (χ4v) is 17.6. The molecule has 0 radical (unpaired) electrons. The van der Waals surface area contributed by atoms with Gasteiger partial charge in [0, 0.05) is 41.6 Å². The van der Waals surface area contributed by atoms with Crippen LogP contribution in [0.4, 0.5) is 4.39 Å². The summed E-state index contributed by atoms with van der Waals surface area (Å²) < 4.78 is 29.3. The number of methoxy groups -OCH3 is 1. The van der Waals surface area contributed by atoms with Crippen molar-refractivity contribution < 1.29 is 67.9 Å². The van der Waals surface area contributed by atoms with Gasteiger partial charge in [-0.05, 0) is 170 Å². The molecule has 0 heterocycles. The number of fused-ring (bicyclic) bond motifs is 10. The molecule has 0 aliphatic heterocycles. The number of rotatable bonds is 22. The van der Waals surface area contributed by atoms with Crippen LogP contribution in [0.15, 0.2) is 57.8 Å². The van der Waals surface area contributed by atoms with Crippen LogP contribution in [-0.2, 0) is 43.0 Å². The lowest BCUT2D eigenvalue weighted by Crippen LogP contribution is -2.64. The Morgan fingerprint density at radius 1 is 0.788 bits per heavy atom. The minimum absolute atomic E-state index is 0.0923. The second-order valence-electron chi connectivity index (χ2n) is 28.2. The van der Waals surface area contributed by atoms with Crippen LogP contribution in [0.5, 0.6) is 0 Å². The van der Waals surface area contributed by atoms with E-state index in [-0.39, 0.29) is 80.0 Å². The summed E-state index contributed by atoms with van der Waals surface area (Å²) in [5.74, 6) is -5.03. The van der Waals surface area contributed by atoms with Crippen LogP contribution in [0.25, 0.3) is 0 Å². The van der Waals surface area contributed by atoms with E-state index in [1.54, 1.807) is 46.1 Å². The third-order valence-electron chi connectivity index (χ3n) is 22.3. The number of alkyl halides is 1. The molecule has 0 aromatic carbocycles. The molecule has 8 rings (SSSR count). The summed E-state index contributed by atoms with van der Waals surface area (Å²) in [6.45, 7) is 17.2. The highest BCUT2D eigenvalue weighted by Crippen LogP contribution is 2.71. The maximum absolute atomic E-state index is 17.8. The molecule has 16 atom stereocenters. The molecule has 0 spiro atoms. The van der Waals surface area contributed by atoms with Crippen LogP contribution in [0.3, 0.4) is 0 Å². The summed E-state index contributed by atoms with van der Waals surface area (Å²) in [7, 11) is 1.60. The fraction of sp³-hybridized carbons (Fsp3) is 0.734. The number of allylic oxidation sites excluding steroid dienone is 8. The summed E-state index contributed by atoms with van der Waals surface area (Å²) in [4.78, 5) is 92.8. The van der Waals surface area contributed by atoms with Crippen LogP contribution in [0.2, 0.25) is 0 Å². The van der Waals surface area contributed by atoms with Crippen molar-refractivity contribution in [2.24, 2.45) is 79.2 Å². The molecule has 6 saturated carbocycles. The van der Waals surface area contributed by atoms with Crippen LogP contribution >= 0.6 is 0 Å². The first-order valence-corrected chi connectivity index (χ1v) is 30.7. The number of ketones is 2. The molecule has 0 saturated heterocycles. The molecule has 5 amide bonds. The van der Waals surface area contributed by atoms with Gasteiger partial charge in [0.2, 0.25) is 17.7 Å². The molecule has 0 bridgehead atoms. The Morgan fingerprint density at radius 3 is 2.07 bits per heavy atom. The highest BCUT2D eigenvalue weighted by atomic mass is 19.1. The van der Waals surface area contributed by atoms with Crippen molar-refractivity contribution in [1.82, 2.24) is 26.8 Å². The van der Waals surface area contributed by atoms with Gasteiger partial charge in [-0.3, -0.25) is 33.6 Å². The predicted molar refractivity (Wildman–Crippen MR) is 315 cm³/mol. The van der Waals surface area contributed by atoms with E-state index in [9.17, 15) is 54.0 Å². The zero-order valence-electron chi connectivity index (χ0n) is 51.7. The first kappa shape index (κ1) is 65.7. The number of hydrazone groups is 2. The predicted octanol–water partition coefficient (Wildman–Crippen LogP) is 4.93. The van der Waals surface area contributed by atoms with Gasteiger partial charge in [-0.2, -0.15) is 10.2 Å². The number of Topliss-reactive ketones (excluding diaryl/α,β-unsaturated/α-hetero) is 2. The number of aliphatic hydroxyl groups is 4. The van der Waals surface area contributed by atoms with E-state index >= 15 is 4.39 Å². The van der Waals surface area contributed by atoms with E-state index < -0.39 is 130 Å². The number of nitrogens with one attached hydrogen (secondary N) is 5. The highest BCUT2D eigenvalue weighted by Gasteiger charge is 2.73. The topological polar surface area (TPSA) is 304 Å². The van der Waals surface area contributed by atoms with Gasteiger partial charge in [-0.15, -0.1) is 0 Å². The molecule has 3 unspecified atom stereocenters. The summed E-state index contributed by atoms with van der Waals surface area (Å²) >= 11 is 0. The van der Waals surface area contributed by atoms with Gasteiger partial charge in [0.15, 0.2) is 11.6 Å². The van der Waals surface area contributed by atoms with Gasteiger partial charge in [0.1, 0.15) is 30.5 Å². The van der Waals surface area contributed by atoms with E-state index in [1.807, 2.05) is 45.9 Å². The molecule has 21 heteroatoms. The van der Waals surface area contributed by atoms with Crippen molar-refractivity contribution in [2.75, 3.05) is 40.0 Å². The maximum Gasteiger partial charge on any atom is 0.259 e. The van der Waals surface area contributed by atoms with Gasteiger partial charge in [-0.1, -0.05) is 57.9 Å². The monoisotopic (exact) mass is 1190 g/mol. The number of halogens is 1. The van der Waals surface area contributed by atoms with Crippen LogP contribution < -0.4 is 26.8 Å². The van der Waals surface area contributed by atoms with Crippen molar-refractivity contribution in [2.45, 2.75) is 187 Å². The second-order valence-corrected chi connectivity index (χ2v) is 28.2. The van der Waals surface area contributed by atoms with E-state index in [2.05, 4.69) is 57.8 Å². The number of aliphatic hydroxyl groups excluding tert-OH is 3. The zero-order valence-corrected chi connectivity index (χ0v) is 51.7. The van der Waals surface area contributed by atoms with Gasteiger partial charge in [-0.25, -0.2) is 15.2 Å². The van der Waals surface area contributed by atoms with E-state index in [4.69, 9.17) is 9.47 Å². The van der Waals surface area contributed by atoms with Crippen molar-refractivity contribution >= 4 is 52.5 Å². The summed E-state index contributed by atoms with van der Waals surface area (Å²) in [5.41, 5.74) is 0.0798. The lowest BCUT2D eigenvalue weighted by molar-refractivity contribution is -0.182. The third kappa shape index (κ3) is 12.3. The lowest BCUT2D eigenvalue weighted by Gasteiger charge is -2.61. The Labute approximate surface area is 499 Å². The Kier molecular flexibility index (Phi) is 19.1. The summed E-state index contributed by atoms with van der Waals surface area (Å²) in [5, 5.41) is 59.6. The van der Waals surface area contributed by atoms with E-state index in [0.29, 0.717) is 43.5 Å². The van der Waals surface area contributed by atoms with Gasteiger partial charge >= 0.3 is 0 Å². The van der Waals surface area contributed by atoms with Gasteiger partial charge in [0.25, 0.3) is 11.8 Å². The lowest BCUT2D eigenvalue weighted by atomic mass is 9.45. The third-order valence-corrected chi connectivity index (χ3v) is 22.3. The van der Waals surface area contributed by atoms with Crippen LogP contribution in [0, 0.1) is 69.0 Å². The molecule has 9 N–H and O–H groups in total. The van der Waals surface area contributed by atoms with Crippen molar-refractivity contribution in [3.63, 3.8) is 0 Å². The number of hydrogen-bond acceptors (Lipinski definition) is 15. The van der Waals surface area contributed by atoms with E-state index in [1.165, 1.54) is 0 Å². The standard InChI is InChI=1S/C64H94FN7O13/c1-36-26-44-42-14-12-38-28-40(18-20-59(38,7)55(42)47(75)30-60(44,8)54(36)48(76)34-73)69-72-53(81)33-67-56(82)46(68-51(79)31-58(5,6)85-25-24-57(3,4)84-11)16-17-50(78)66-32-52(80)71-70-41-19-21-61(9)39(29-41)13-15-43-45-27-37(2)64(83,49(77)35-74)62(45,10)22-23-63(43,61)65/h18-21,28-29,36-37,42-47,54-55,73-75,83H,12-17,22-27,30-35H2,1-11H3,(H,66,78)(H,67,82)(H,68,79)(H,71,80)(H,72,81)/b69-40+,70-41+/t36-,37-,42+,43?,44?,45+,46+,47+,54-,55?,59+,60+,61+,62+,63-,64+/m1/s1. The number of hydrogen-bond donors (Lipinski definition) is 9. The molecule has 85 heavy (non-hydrogen) atoms. The number of ether oxygens (including phenoxy) is 2. The molecular weight excluding hydrogens is 1090 g/mol. The van der Waals surface area contributed by atoms with Gasteiger partial charge < -0.3 is 45.9 Å². The Hall–Kier alpha value is -5.32. The normalized spacial score (nSPS) is 37.6. The smallest absolute Gasteiger partial charge is 0.259 e. The first-order valence-electron chi connectivity index (χ1n) is 30.7. The number of nitrogens with zero attached hydrogens (tertiary/aromatic N) is 2. The first-order chi connectivity index (χ1) is 39.8. The van der Waals surface area contributed by atoms with Crippen molar-refractivity contribution in [3.8, 4) is 0 Å². The molecule has 470 valence electrons. The fourth-order valence-electron chi connectivity index (χ4n) is 17.6. The van der Waals surface area contributed by atoms with Gasteiger partial charge in [0.05, 0.1) is 54.8 Å².